The Morgan fingerprint density at radius 2 is 2.00 bits per heavy atom. The Morgan fingerprint density at radius 3 is 2.69 bits per heavy atom. The molecule has 0 unspecified atom stereocenters. The van der Waals surface area contributed by atoms with Crippen molar-refractivity contribution in [1.29, 1.82) is 0 Å². The monoisotopic (exact) mass is 500 g/mol. The Balaban J connectivity index is 1.53. The number of aliphatic hydroxyl groups excluding tert-OH is 3. The van der Waals surface area contributed by atoms with Crippen LogP contribution in [0.1, 0.15) is 11.8 Å². The van der Waals surface area contributed by atoms with Gasteiger partial charge in [0.2, 0.25) is 6.41 Å². The average molecular weight is 501 g/mol. The van der Waals surface area contributed by atoms with E-state index in [9.17, 15) is 20.1 Å². The van der Waals surface area contributed by atoms with Crippen molar-refractivity contribution in [3.63, 3.8) is 0 Å². The molecule has 1 fully saturated rings. The number of nitrogens with two attached hydrogens (primary N) is 1. The molecule has 1 aromatic carbocycles. The number of amides is 1. The van der Waals surface area contributed by atoms with Crippen LogP contribution in [0.2, 0.25) is 5.02 Å². The van der Waals surface area contributed by atoms with Crippen LogP contribution in [0.25, 0.3) is 22.7 Å². The number of aromatic amines is 1. The van der Waals surface area contributed by atoms with Crippen molar-refractivity contribution in [2.24, 2.45) is 0 Å². The first-order valence-corrected chi connectivity index (χ1v) is 10.9. The number of anilines is 2. The molecule has 0 aliphatic carbocycles. The first-order valence-electron chi connectivity index (χ1n) is 10.5. The van der Waals surface area contributed by atoms with Gasteiger partial charge in [-0.15, -0.1) is 0 Å². The average Bonchev–Trinajstić information content (AvgIpc) is 3.57. The lowest BCUT2D eigenvalue weighted by Gasteiger charge is -2.18. The van der Waals surface area contributed by atoms with Gasteiger partial charge in [0.25, 0.3) is 0 Å². The first-order chi connectivity index (χ1) is 16.9. The van der Waals surface area contributed by atoms with Gasteiger partial charge in [-0.05, 0) is 17.7 Å². The van der Waals surface area contributed by atoms with Crippen molar-refractivity contribution < 1.29 is 24.9 Å². The highest BCUT2D eigenvalue weighted by atomic mass is 35.5. The van der Waals surface area contributed by atoms with Gasteiger partial charge < -0.3 is 30.7 Å². The topological polar surface area (TPSA) is 189 Å². The number of aliphatic hydroxyl groups is 3. The second kappa shape index (κ2) is 9.20. The molecule has 14 heteroatoms. The summed E-state index contributed by atoms with van der Waals surface area (Å²) in [5.74, 6) is 0.172. The van der Waals surface area contributed by atoms with Crippen molar-refractivity contribution in [2.75, 3.05) is 17.2 Å². The molecular formula is C21H21ClN8O5. The number of nitrogen functional groups attached to an aromatic ring is 1. The van der Waals surface area contributed by atoms with Gasteiger partial charge in [-0.2, -0.15) is 5.10 Å². The predicted molar refractivity (Wildman–Crippen MR) is 124 cm³/mol. The fourth-order valence-electron chi connectivity index (χ4n) is 3.97. The number of nitrogens with zero attached hydrogens (tertiary/aromatic N) is 6. The second-order valence-corrected chi connectivity index (χ2v) is 8.41. The van der Waals surface area contributed by atoms with Crippen molar-refractivity contribution in [1.82, 2.24) is 29.7 Å². The number of hydrogen-bond acceptors (Lipinski definition) is 10. The third-order valence-electron chi connectivity index (χ3n) is 5.79. The fraction of sp³-hybridized carbons (Fsp3) is 0.286. The van der Waals surface area contributed by atoms with Crippen LogP contribution in [0.4, 0.5) is 11.5 Å². The first kappa shape index (κ1) is 23.1. The Morgan fingerprint density at radius 1 is 1.23 bits per heavy atom. The van der Waals surface area contributed by atoms with E-state index in [4.69, 9.17) is 22.1 Å². The van der Waals surface area contributed by atoms with Gasteiger partial charge in [0, 0.05) is 5.02 Å². The fourth-order valence-corrected chi connectivity index (χ4v) is 4.10. The molecule has 0 bridgehead atoms. The molecule has 1 amide bonds. The van der Waals surface area contributed by atoms with Crippen LogP contribution in [0, 0.1) is 0 Å². The molecule has 4 aromatic rings. The van der Waals surface area contributed by atoms with Crippen molar-refractivity contribution in [2.45, 2.75) is 31.1 Å². The highest BCUT2D eigenvalue weighted by molar-refractivity contribution is 6.30. The number of carbonyl (C=O) groups is 1. The van der Waals surface area contributed by atoms with E-state index in [1.807, 2.05) is 0 Å². The van der Waals surface area contributed by atoms with Crippen LogP contribution in [0.15, 0.2) is 36.8 Å². The molecule has 5 rings (SSSR count). The maximum atomic E-state index is 11.9. The number of carbonyl (C=O) groups excluding carboxylic acids is 1. The minimum Gasteiger partial charge on any atom is -0.394 e. The Hall–Kier alpha value is -3.62. The minimum atomic E-state index is -1.34. The number of benzene rings is 1. The van der Waals surface area contributed by atoms with Crippen LogP contribution in [0.5, 0.6) is 0 Å². The molecule has 1 saturated heterocycles. The third-order valence-corrected chi connectivity index (χ3v) is 6.04. The number of fused-ring (bicyclic) bond motifs is 1. The van der Waals surface area contributed by atoms with E-state index in [1.165, 1.54) is 22.0 Å². The number of nitrogens with one attached hydrogen (secondary N) is 1. The molecule has 4 heterocycles. The number of rotatable bonds is 7. The summed E-state index contributed by atoms with van der Waals surface area (Å²) in [5, 5.41) is 37.4. The largest absolute Gasteiger partial charge is 0.394 e. The lowest BCUT2D eigenvalue weighted by molar-refractivity contribution is -0.107. The summed E-state index contributed by atoms with van der Waals surface area (Å²) in [6, 6.07) is 7.07. The summed E-state index contributed by atoms with van der Waals surface area (Å²) in [6.07, 6.45) is -1.19. The number of halogens is 1. The van der Waals surface area contributed by atoms with Crippen molar-refractivity contribution in [3.8, 4) is 11.5 Å². The summed E-state index contributed by atoms with van der Waals surface area (Å²) in [5.41, 5.74) is 8.19. The molecule has 0 saturated carbocycles. The van der Waals surface area contributed by atoms with Crippen LogP contribution in [0.3, 0.4) is 0 Å². The van der Waals surface area contributed by atoms with Crippen LogP contribution < -0.4 is 10.6 Å². The zero-order valence-corrected chi connectivity index (χ0v) is 18.8. The van der Waals surface area contributed by atoms with E-state index < -0.39 is 31.1 Å². The third kappa shape index (κ3) is 4.09. The molecule has 1 aliphatic heterocycles. The predicted octanol–water partition coefficient (Wildman–Crippen LogP) is 0.226. The molecule has 0 spiro atoms. The van der Waals surface area contributed by atoms with Gasteiger partial charge in [-0.3, -0.25) is 14.5 Å². The molecule has 6 N–H and O–H groups in total. The molecular weight excluding hydrogens is 480 g/mol. The van der Waals surface area contributed by atoms with E-state index in [0.29, 0.717) is 22.8 Å². The summed E-state index contributed by atoms with van der Waals surface area (Å²) in [4.78, 5) is 26.4. The van der Waals surface area contributed by atoms with Gasteiger partial charge in [0.1, 0.15) is 29.5 Å². The van der Waals surface area contributed by atoms with Gasteiger partial charge in [-0.25, -0.2) is 15.0 Å². The zero-order valence-electron chi connectivity index (χ0n) is 18.1. The van der Waals surface area contributed by atoms with Crippen molar-refractivity contribution in [3.05, 3.63) is 47.4 Å². The van der Waals surface area contributed by atoms with Crippen LogP contribution in [-0.2, 0) is 16.1 Å². The van der Waals surface area contributed by atoms with E-state index in [-0.39, 0.29) is 29.4 Å². The number of imidazole rings is 1. The molecule has 182 valence electrons. The maximum absolute atomic E-state index is 11.9. The summed E-state index contributed by atoms with van der Waals surface area (Å²) >= 11 is 5.95. The van der Waals surface area contributed by atoms with E-state index in [1.54, 1.807) is 24.3 Å². The highest BCUT2D eigenvalue weighted by Crippen LogP contribution is 2.34. The van der Waals surface area contributed by atoms with Crippen molar-refractivity contribution >= 4 is 40.7 Å². The zero-order chi connectivity index (χ0) is 24.7. The van der Waals surface area contributed by atoms with Gasteiger partial charge in [0.05, 0.1) is 31.4 Å². The Bertz CT molecular complexity index is 1360. The molecule has 4 atom stereocenters. The summed E-state index contributed by atoms with van der Waals surface area (Å²) < 4.78 is 7.00. The number of hydrogen-bond donors (Lipinski definition) is 5. The van der Waals surface area contributed by atoms with Crippen LogP contribution >= 0.6 is 11.6 Å². The van der Waals surface area contributed by atoms with Crippen LogP contribution in [-0.4, -0.2) is 76.4 Å². The summed E-state index contributed by atoms with van der Waals surface area (Å²) in [6.45, 7) is -0.234. The Labute approximate surface area is 202 Å². The molecule has 3 aromatic heterocycles. The second-order valence-electron chi connectivity index (χ2n) is 7.98. The van der Waals surface area contributed by atoms with E-state index >= 15 is 0 Å². The number of aromatic nitrogens is 6. The SMILES string of the molecule is Nc1nc(-c2[nH]ncc2N(C=O)Cc2ccc(Cl)cc2)nc2c1ncn2[C@@H]1O[C@H](CO)[C@@H](O)[C@H]1O. The highest BCUT2D eigenvalue weighted by Gasteiger charge is 2.44. The number of ether oxygens (including phenoxy) is 1. The lowest BCUT2D eigenvalue weighted by Crippen LogP contribution is -2.33. The molecule has 13 nitrogen and oxygen atoms in total. The van der Waals surface area contributed by atoms with Gasteiger partial charge >= 0.3 is 0 Å². The molecule has 35 heavy (non-hydrogen) atoms. The quantitative estimate of drug-likeness (QED) is 0.219. The lowest BCUT2D eigenvalue weighted by atomic mass is 10.1. The molecule has 0 radical (unpaired) electrons. The maximum Gasteiger partial charge on any atom is 0.214 e. The smallest absolute Gasteiger partial charge is 0.214 e. The number of H-pyrrole nitrogens is 1. The minimum absolute atomic E-state index is 0.0476. The molecule has 1 aliphatic rings. The standard InChI is InChI=1S/C21H21ClN8O5/c22-11-3-1-10(2-4-11)6-29(9-32)12-5-25-28-14(12)19-26-18(23)15-20(27-19)30(8-24-15)21-17(34)16(33)13(7-31)35-21/h1-5,8-9,13,16-17,21,31,33-34H,6-7H2,(H,25,28)(H2,23,26,27)/t13-,16-,17-,21-/m1/s1. The van der Waals surface area contributed by atoms with Gasteiger partial charge in [0.15, 0.2) is 23.5 Å². The van der Waals surface area contributed by atoms with Gasteiger partial charge in [-0.1, -0.05) is 23.7 Å². The Kier molecular flexibility index (Phi) is 6.08. The summed E-state index contributed by atoms with van der Waals surface area (Å²) in [7, 11) is 0. The van der Waals surface area contributed by atoms with E-state index in [2.05, 4.69) is 25.1 Å². The normalized spacial score (nSPS) is 22.1. The van der Waals surface area contributed by atoms with E-state index in [0.717, 1.165) is 5.56 Å².